The molecule has 0 spiro atoms. The molecule has 0 saturated carbocycles. The smallest absolute Gasteiger partial charge is 0.276 e. The molecule has 1 aliphatic heterocycles. The summed E-state index contributed by atoms with van der Waals surface area (Å²) in [6.07, 6.45) is 1.69. The molecule has 0 atom stereocenters. The summed E-state index contributed by atoms with van der Waals surface area (Å²) >= 11 is 0. The highest BCUT2D eigenvalue weighted by molar-refractivity contribution is 6.16. The Morgan fingerprint density at radius 2 is 1.72 bits per heavy atom. The summed E-state index contributed by atoms with van der Waals surface area (Å²) in [7, 11) is 2.15. The summed E-state index contributed by atoms with van der Waals surface area (Å²) in [6, 6.07) is 18.0. The number of fused-ring (bicyclic) bond motifs is 3. The molecular formula is C23H23N5O. The van der Waals surface area contributed by atoms with Crippen molar-refractivity contribution in [1.82, 2.24) is 14.9 Å². The molecule has 0 aliphatic carbocycles. The van der Waals surface area contributed by atoms with Gasteiger partial charge >= 0.3 is 0 Å². The van der Waals surface area contributed by atoms with Crippen LogP contribution in [0.1, 0.15) is 10.5 Å². The van der Waals surface area contributed by atoms with Crippen molar-refractivity contribution in [2.24, 2.45) is 0 Å². The predicted octanol–water partition coefficient (Wildman–Crippen LogP) is 3.72. The third-order valence-electron chi connectivity index (χ3n) is 5.64. The Labute approximate surface area is 169 Å². The van der Waals surface area contributed by atoms with Crippen molar-refractivity contribution < 1.29 is 4.79 Å². The fourth-order valence-electron chi connectivity index (χ4n) is 3.96. The van der Waals surface area contributed by atoms with E-state index in [0.29, 0.717) is 5.69 Å². The van der Waals surface area contributed by atoms with Crippen molar-refractivity contribution >= 4 is 39.1 Å². The summed E-state index contributed by atoms with van der Waals surface area (Å²) in [6.45, 7) is 4.18. The number of aromatic amines is 1. The Balaban J connectivity index is 1.38. The number of carbonyl (C=O) groups excluding carboxylic acids is 1. The van der Waals surface area contributed by atoms with Gasteiger partial charge in [0.25, 0.3) is 5.91 Å². The Hall–Kier alpha value is -3.38. The van der Waals surface area contributed by atoms with Gasteiger partial charge in [-0.2, -0.15) is 0 Å². The number of piperazine rings is 1. The van der Waals surface area contributed by atoms with Crippen LogP contribution in [0.15, 0.2) is 60.8 Å². The highest BCUT2D eigenvalue weighted by Crippen LogP contribution is 2.27. The van der Waals surface area contributed by atoms with Crippen molar-refractivity contribution in [2.45, 2.75) is 0 Å². The number of H-pyrrole nitrogens is 1. The number of hydrogen-bond donors (Lipinski definition) is 2. The van der Waals surface area contributed by atoms with Crippen LogP contribution in [0, 0.1) is 0 Å². The first kappa shape index (κ1) is 17.7. The molecule has 2 aromatic carbocycles. The van der Waals surface area contributed by atoms with Gasteiger partial charge < -0.3 is 20.1 Å². The molecule has 1 saturated heterocycles. The van der Waals surface area contributed by atoms with Gasteiger partial charge in [0.2, 0.25) is 0 Å². The van der Waals surface area contributed by atoms with Gasteiger partial charge in [-0.25, -0.2) is 4.98 Å². The molecule has 0 unspecified atom stereocenters. The zero-order valence-corrected chi connectivity index (χ0v) is 16.4. The third kappa shape index (κ3) is 3.32. The van der Waals surface area contributed by atoms with E-state index in [-0.39, 0.29) is 5.91 Å². The second-order valence-corrected chi connectivity index (χ2v) is 7.54. The minimum absolute atomic E-state index is 0.213. The van der Waals surface area contributed by atoms with Crippen LogP contribution in [0.3, 0.4) is 0 Å². The first-order valence-corrected chi connectivity index (χ1v) is 9.89. The van der Waals surface area contributed by atoms with Gasteiger partial charge in [0, 0.05) is 60.0 Å². The van der Waals surface area contributed by atoms with Crippen LogP contribution >= 0.6 is 0 Å². The lowest BCUT2D eigenvalue weighted by atomic mass is 10.1. The van der Waals surface area contributed by atoms with Crippen molar-refractivity contribution in [3.05, 3.63) is 66.5 Å². The molecule has 29 heavy (non-hydrogen) atoms. The maximum Gasteiger partial charge on any atom is 0.276 e. The van der Waals surface area contributed by atoms with E-state index in [2.05, 4.69) is 44.3 Å². The summed E-state index contributed by atoms with van der Waals surface area (Å²) in [5, 5.41) is 5.08. The van der Waals surface area contributed by atoms with Crippen LogP contribution in [0.5, 0.6) is 0 Å². The number of carbonyl (C=O) groups is 1. The number of anilines is 2. The van der Waals surface area contributed by atoms with Gasteiger partial charge in [0.05, 0.1) is 5.52 Å². The fraction of sp³-hybridized carbons (Fsp3) is 0.217. The van der Waals surface area contributed by atoms with E-state index in [1.54, 1.807) is 6.20 Å². The molecule has 4 aromatic rings. The minimum Gasteiger partial charge on any atom is -0.369 e. The number of pyridine rings is 1. The molecule has 3 heterocycles. The number of likely N-dealkylation sites (N-methyl/N-ethyl adjacent to an activating group) is 1. The Kier molecular flexibility index (Phi) is 4.41. The average Bonchev–Trinajstić information content (AvgIpc) is 3.14. The number of benzene rings is 2. The number of para-hydroxylation sites is 1. The van der Waals surface area contributed by atoms with E-state index in [9.17, 15) is 4.79 Å². The zero-order chi connectivity index (χ0) is 19.8. The number of rotatable bonds is 3. The molecule has 1 fully saturated rings. The molecule has 0 bridgehead atoms. The van der Waals surface area contributed by atoms with Crippen LogP contribution in [0.2, 0.25) is 0 Å². The monoisotopic (exact) mass is 385 g/mol. The summed E-state index contributed by atoms with van der Waals surface area (Å²) in [4.78, 5) is 25.3. The highest BCUT2D eigenvalue weighted by atomic mass is 16.1. The molecule has 2 N–H and O–H groups in total. The molecule has 2 aromatic heterocycles. The Morgan fingerprint density at radius 3 is 2.52 bits per heavy atom. The van der Waals surface area contributed by atoms with Crippen molar-refractivity contribution in [2.75, 3.05) is 43.4 Å². The fourth-order valence-corrected chi connectivity index (χ4v) is 3.96. The van der Waals surface area contributed by atoms with Gasteiger partial charge in [0.1, 0.15) is 0 Å². The van der Waals surface area contributed by atoms with E-state index >= 15 is 0 Å². The van der Waals surface area contributed by atoms with Crippen LogP contribution < -0.4 is 10.2 Å². The predicted molar refractivity (Wildman–Crippen MR) is 118 cm³/mol. The summed E-state index contributed by atoms with van der Waals surface area (Å²) < 4.78 is 0. The van der Waals surface area contributed by atoms with Gasteiger partial charge in [0.15, 0.2) is 5.69 Å². The largest absolute Gasteiger partial charge is 0.369 e. The zero-order valence-electron chi connectivity index (χ0n) is 16.4. The molecule has 1 aliphatic rings. The quantitative estimate of drug-likeness (QED) is 0.564. The third-order valence-corrected chi connectivity index (χ3v) is 5.64. The lowest BCUT2D eigenvalue weighted by molar-refractivity contribution is 0.102. The number of nitrogens with zero attached hydrogens (tertiary/aromatic N) is 3. The van der Waals surface area contributed by atoms with E-state index in [4.69, 9.17) is 0 Å². The summed E-state index contributed by atoms with van der Waals surface area (Å²) in [5.74, 6) is -0.213. The molecule has 1 amide bonds. The van der Waals surface area contributed by atoms with E-state index < -0.39 is 0 Å². The first-order chi connectivity index (χ1) is 14.2. The Bertz CT molecular complexity index is 1170. The standard InChI is InChI=1S/C23H23N5O/c1-27-12-14-28(15-13-27)17-8-6-16(7-9-17)25-23(29)22-21-19(10-11-24-22)18-4-2-3-5-20(18)26-21/h2-11,26H,12-15H2,1H3,(H,25,29). The molecule has 5 rings (SSSR count). The number of nitrogens with one attached hydrogen (secondary N) is 2. The van der Waals surface area contributed by atoms with Crippen molar-refractivity contribution in [3.63, 3.8) is 0 Å². The minimum atomic E-state index is -0.213. The Morgan fingerprint density at radius 1 is 0.966 bits per heavy atom. The van der Waals surface area contributed by atoms with Gasteiger partial charge in [-0.3, -0.25) is 4.79 Å². The lowest BCUT2D eigenvalue weighted by Gasteiger charge is -2.34. The number of hydrogen-bond acceptors (Lipinski definition) is 4. The van der Waals surface area contributed by atoms with Crippen LogP contribution in [0.4, 0.5) is 11.4 Å². The highest BCUT2D eigenvalue weighted by Gasteiger charge is 2.17. The summed E-state index contributed by atoms with van der Waals surface area (Å²) in [5.41, 5.74) is 4.12. The van der Waals surface area contributed by atoms with Crippen molar-refractivity contribution in [3.8, 4) is 0 Å². The second kappa shape index (κ2) is 7.22. The van der Waals surface area contributed by atoms with E-state index in [1.807, 2.05) is 42.5 Å². The lowest BCUT2D eigenvalue weighted by Crippen LogP contribution is -2.44. The maximum atomic E-state index is 12.9. The second-order valence-electron chi connectivity index (χ2n) is 7.54. The molecule has 0 radical (unpaired) electrons. The molecular weight excluding hydrogens is 362 g/mol. The number of amides is 1. The SMILES string of the molecule is CN1CCN(c2ccc(NC(=O)c3nccc4c3[nH]c3ccccc34)cc2)CC1. The maximum absolute atomic E-state index is 12.9. The first-order valence-electron chi connectivity index (χ1n) is 9.89. The molecule has 146 valence electrons. The molecule has 6 heteroatoms. The van der Waals surface area contributed by atoms with Crippen LogP contribution in [0.25, 0.3) is 21.8 Å². The van der Waals surface area contributed by atoms with E-state index in [0.717, 1.165) is 53.7 Å². The van der Waals surface area contributed by atoms with Gasteiger partial charge in [-0.05, 0) is 43.4 Å². The number of aromatic nitrogens is 2. The van der Waals surface area contributed by atoms with Crippen LogP contribution in [-0.2, 0) is 0 Å². The topological polar surface area (TPSA) is 64.3 Å². The van der Waals surface area contributed by atoms with Gasteiger partial charge in [-0.15, -0.1) is 0 Å². The molecule has 6 nitrogen and oxygen atoms in total. The van der Waals surface area contributed by atoms with Crippen molar-refractivity contribution in [1.29, 1.82) is 0 Å². The van der Waals surface area contributed by atoms with Crippen LogP contribution in [-0.4, -0.2) is 54.0 Å². The van der Waals surface area contributed by atoms with Gasteiger partial charge in [-0.1, -0.05) is 18.2 Å². The normalized spacial score (nSPS) is 15.1. The van der Waals surface area contributed by atoms with E-state index in [1.165, 1.54) is 5.69 Å². The average molecular weight is 385 g/mol.